The topological polar surface area (TPSA) is 81.4 Å². The molecule has 0 radical (unpaired) electrons. The molecule has 1 amide bonds. The van der Waals surface area contributed by atoms with Gasteiger partial charge in [0.05, 0.1) is 18.4 Å². The van der Waals surface area contributed by atoms with Crippen molar-refractivity contribution in [1.82, 2.24) is 4.98 Å². The van der Waals surface area contributed by atoms with E-state index in [0.717, 1.165) is 16.8 Å². The fourth-order valence-corrected chi connectivity index (χ4v) is 3.70. The van der Waals surface area contributed by atoms with E-state index in [1.54, 1.807) is 24.3 Å². The maximum Gasteiger partial charge on any atom is 0.337 e. The van der Waals surface area contributed by atoms with Gasteiger partial charge in [-0.15, -0.1) is 0 Å². The molecule has 1 heterocycles. The molecule has 0 saturated carbocycles. The quantitative estimate of drug-likeness (QED) is 0.298. The Bertz CT molecular complexity index is 1150. The largest absolute Gasteiger partial charge is 0.465 e. The van der Waals surface area contributed by atoms with Crippen LogP contribution in [0.4, 0.5) is 5.69 Å². The molecule has 0 saturated heterocycles. The first kappa shape index (κ1) is 21.4. The molecule has 0 fully saturated rings. The molecule has 0 atom stereocenters. The molecule has 4 aromatic rings. The third kappa shape index (κ3) is 5.07. The summed E-state index contributed by atoms with van der Waals surface area (Å²) in [6.45, 7) is 0. The van der Waals surface area contributed by atoms with Crippen LogP contribution >= 0.6 is 11.8 Å². The van der Waals surface area contributed by atoms with Gasteiger partial charge >= 0.3 is 5.97 Å². The van der Waals surface area contributed by atoms with Crippen LogP contribution in [0.5, 0.6) is 0 Å². The highest BCUT2D eigenvalue weighted by atomic mass is 32.2. The fraction of sp³-hybridized carbons (Fsp3) is 0.0800. The van der Waals surface area contributed by atoms with Crippen LogP contribution in [0.3, 0.4) is 0 Å². The monoisotopic (exact) mass is 444 g/mol. The molecule has 7 heteroatoms. The second kappa shape index (κ2) is 9.98. The summed E-state index contributed by atoms with van der Waals surface area (Å²) in [5, 5.41) is 3.22. The Hall–Kier alpha value is -3.84. The number of methoxy groups -OCH3 is 1. The molecule has 0 aliphatic carbocycles. The van der Waals surface area contributed by atoms with Gasteiger partial charge in [0.2, 0.25) is 5.91 Å². The van der Waals surface area contributed by atoms with Gasteiger partial charge in [0.15, 0.2) is 5.76 Å². The average molecular weight is 445 g/mol. The van der Waals surface area contributed by atoms with Crippen LogP contribution in [0, 0.1) is 0 Å². The van der Waals surface area contributed by atoms with Crippen molar-refractivity contribution in [2.45, 2.75) is 5.22 Å². The van der Waals surface area contributed by atoms with Gasteiger partial charge < -0.3 is 14.5 Å². The molecule has 0 aliphatic rings. The van der Waals surface area contributed by atoms with Gasteiger partial charge in [-0.05, 0) is 24.3 Å². The molecule has 32 heavy (non-hydrogen) atoms. The van der Waals surface area contributed by atoms with Crippen LogP contribution in [0.1, 0.15) is 10.4 Å². The second-order valence-electron chi connectivity index (χ2n) is 6.80. The molecule has 3 aromatic carbocycles. The van der Waals surface area contributed by atoms with Gasteiger partial charge in [-0.2, -0.15) is 0 Å². The van der Waals surface area contributed by atoms with Crippen LogP contribution in [0.15, 0.2) is 94.6 Å². The molecule has 0 unspecified atom stereocenters. The minimum Gasteiger partial charge on any atom is -0.465 e. The van der Waals surface area contributed by atoms with Gasteiger partial charge in [0.1, 0.15) is 5.69 Å². The number of anilines is 1. The van der Waals surface area contributed by atoms with Crippen molar-refractivity contribution < 1.29 is 18.7 Å². The van der Waals surface area contributed by atoms with E-state index in [4.69, 9.17) is 4.42 Å². The number of thioether (sulfide) groups is 1. The maximum atomic E-state index is 12.4. The Labute approximate surface area is 189 Å². The van der Waals surface area contributed by atoms with Crippen LogP contribution < -0.4 is 5.32 Å². The highest BCUT2D eigenvalue weighted by Crippen LogP contribution is 2.35. The van der Waals surface area contributed by atoms with E-state index in [1.807, 2.05) is 60.7 Å². The minimum absolute atomic E-state index is 0.127. The first-order valence-corrected chi connectivity index (χ1v) is 10.9. The Morgan fingerprint density at radius 2 is 1.53 bits per heavy atom. The van der Waals surface area contributed by atoms with Crippen molar-refractivity contribution in [2.75, 3.05) is 18.2 Å². The van der Waals surface area contributed by atoms with Gasteiger partial charge in [-0.25, -0.2) is 9.78 Å². The number of esters is 1. The molecule has 4 rings (SSSR count). The molecular formula is C25H20N2O4S. The predicted octanol–water partition coefficient (Wildman–Crippen LogP) is 5.53. The summed E-state index contributed by atoms with van der Waals surface area (Å²) >= 11 is 1.22. The Morgan fingerprint density at radius 3 is 2.16 bits per heavy atom. The predicted molar refractivity (Wildman–Crippen MR) is 125 cm³/mol. The van der Waals surface area contributed by atoms with Crippen LogP contribution in [0.25, 0.3) is 22.6 Å². The SMILES string of the molecule is COC(=O)c1ccc(NC(=O)CSc2nc(-c3ccccc3)c(-c3ccccc3)o2)cc1. The number of carbonyl (C=O) groups excluding carboxylic acids is 2. The van der Waals surface area contributed by atoms with Crippen molar-refractivity contribution in [3.8, 4) is 22.6 Å². The average Bonchev–Trinajstić information content (AvgIpc) is 3.28. The molecule has 160 valence electrons. The highest BCUT2D eigenvalue weighted by Gasteiger charge is 2.18. The number of oxazole rings is 1. The van der Waals surface area contributed by atoms with Crippen molar-refractivity contribution in [1.29, 1.82) is 0 Å². The number of rotatable bonds is 7. The highest BCUT2D eigenvalue weighted by molar-refractivity contribution is 7.99. The zero-order chi connectivity index (χ0) is 22.3. The Balaban J connectivity index is 1.47. The number of hydrogen-bond donors (Lipinski definition) is 1. The number of aromatic nitrogens is 1. The summed E-state index contributed by atoms with van der Waals surface area (Å²) in [7, 11) is 1.32. The third-order valence-corrected chi connectivity index (χ3v) is 5.44. The van der Waals surface area contributed by atoms with Crippen molar-refractivity contribution in [3.63, 3.8) is 0 Å². The number of nitrogens with zero attached hydrogens (tertiary/aromatic N) is 1. The zero-order valence-electron chi connectivity index (χ0n) is 17.3. The molecular weight excluding hydrogens is 424 g/mol. The summed E-state index contributed by atoms with van der Waals surface area (Å²) in [6, 6.07) is 26.1. The standard InChI is InChI=1S/C25H20N2O4S/c1-30-24(29)19-12-14-20(15-13-19)26-21(28)16-32-25-27-22(17-8-4-2-5-9-17)23(31-25)18-10-6-3-7-11-18/h2-15H,16H2,1H3,(H,26,28). The number of carbonyl (C=O) groups is 2. The molecule has 0 aliphatic heterocycles. The van der Waals surface area contributed by atoms with E-state index in [9.17, 15) is 9.59 Å². The molecule has 1 N–H and O–H groups in total. The summed E-state index contributed by atoms with van der Waals surface area (Å²) in [5.41, 5.74) is 3.60. The number of amides is 1. The third-order valence-electron chi connectivity index (χ3n) is 4.61. The van der Waals surface area contributed by atoms with E-state index in [2.05, 4.69) is 15.0 Å². The molecule has 0 spiro atoms. The van der Waals surface area contributed by atoms with Crippen LogP contribution in [-0.4, -0.2) is 29.7 Å². The minimum atomic E-state index is -0.425. The first-order valence-electron chi connectivity index (χ1n) is 9.87. The lowest BCUT2D eigenvalue weighted by Gasteiger charge is -2.05. The van der Waals surface area contributed by atoms with Crippen molar-refractivity contribution in [3.05, 3.63) is 90.5 Å². The molecule has 0 bridgehead atoms. The number of benzene rings is 3. The van der Waals surface area contributed by atoms with Crippen LogP contribution in [0.2, 0.25) is 0 Å². The summed E-state index contributed by atoms with van der Waals surface area (Å²) in [4.78, 5) is 28.6. The van der Waals surface area contributed by atoms with Gasteiger partial charge in [-0.3, -0.25) is 4.79 Å². The van der Waals surface area contributed by atoms with Crippen molar-refractivity contribution in [2.24, 2.45) is 0 Å². The number of ether oxygens (including phenoxy) is 1. The lowest BCUT2D eigenvalue weighted by atomic mass is 10.1. The maximum absolute atomic E-state index is 12.4. The summed E-state index contributed by atoms with van der Waals surface area (Å²) in [5.74, 6) is 0.160. The van der Waals surface area contributed by atoms with Crippen LogP contribution in [-0.2, 0) is 9.53 Å². The molecule has 1 aromatic heterocycles. The fourth-order valence-electron chi connectivity index (χ4n) is 3.07. The molecule has 6 nitrogen and oxygen atoms in total. The van der Waals surface area contributed by atoms with Crippen molar-refractivity contribution >= 4 is 29.3 Å². The summed E-state index contributed by atoms with van der Waals surface area (Å²) < 4.78 is 10.7. The number of hydrogen-bond acceptors (Lipinski definition) is 6. The van der Waals surface area contributed by atoms with E-state index in [0.29, 0.717) is 22.2 Å². The van der Waals surface area contributed by atoms with Gasteiger partial charge in [-0.1, -0.05) is 72.4 Å². The Morgan fingerprint density at radius 1 is 0.906 bits per heavy atom. The smallest absolute Gasteiger partial charge is 0.337 e. The number of nitrogens with one attached hydrogen (secondary N) is 1. The zero-order valence-corrected chi connectivity index (χ0v) is 18.1. The van der Waals surface area contributed by atoms with E-state index < -0.39 is 5.97 Å². The second-order valence-corrected chi connectivity index (χ2v) is 7.72. The van der Waals surface area contributed by atoms with Gasteiger partial charge in [0.25, 0.3) is 5.22 Å². The Kier molecular flexibility index (Phi) is 6.67. The van der Waals surface area contributed by atoms with E-state index in [-0.39, 0.29) is 11.7 Å². The van der Waals surface area contributed by atoms with E-state index in [1.165, 1.54) is 18.9 Å². The normalized spacial score (nSPS) is 10.5. The lowest BCUT2D eigenvalue weighted by molar-refractivity contribution is -0.113. The summed E-state index contributed by atoms with van der Waals surface area (Å²) in [6.07, 6.45) is 0. The first-order chi connectivity index (χ1) is 15.6. The van der Waals surface area contributed by atoms with E-state index >= 15 is 0 Å². The lowest BCUT2D eigenvalue weighted by Crippen LogP contribution is -2.14. The van der Waals surface area contributed by atoms with Gasteiger partial charge in [0, 0.05) is 16.8 Å².